The van der Waals surface area contributed by atoms with Crippen LogP contribution >= 0.6 is 11.6 Å². The number of benzene rings is 2. The Hall–Kier alpha value is -1.60. The quantitative estimate of drug-likeness (QED) is 0.720. The van der Waals surface area contributed by atoms with Crippen LogP contribution < -0.4 is 0 Å². The lowest BCUT2D eigenvalue weighted by molar-refractivity contribution is 0.112. The Kier molecular flexibility index (Phi) is 4.39. The van der Waals surface area contributed by atoms with E-state index in [0.29, 0.717) is 10.6 Å². The fraction of sp³-hybridized carbons (Fsp3) is 0.235. The highest BCUT2D eigenvalue weighted by Gasteiger charge is 2.06. The number of rotatable bonds is 4. The van der Waals surface area contributed by atoms with Crippen LogP contribution in [0.25, 0.3) is 11.1 Å². The van der Waals surface area contributed by atoms with Crippen molar-refractivity contribution in [3.63, 3.8) is 0 Å². The van der Waals surface area contributed by atoms with Crippen molar-refractivity contribution in [1.29, 1.82) is 0 Å². The lowest BCUT2D eigenvalue weighted by atomic mass is 9.96. The third-order valence-electron chi connectivity index (χ3n) is 3.42. The first-order valence-corrected chi connectivity index (χ1v) is 6.94. The van der Waals surface area contributed by atoms with E-state index < -0.39 is 0 Å². The maximum Gasteiger partial charge on any atom is 0.151 e. The van der Waals surface area contributed by atoms with Crippen molar-refractivity contribution >= 4 is 17.9 Å². The summed E-state index contributed by atoms with van der Waals surface area (Å²) in [6.45, 7) is 4.33. The summed E-state index contributed by atoms with van der Waals surface area (Å²) < 4.78 is 0. The first kappa shape index (κ1) is 13.8. The highest BCUT2D eigenvalue weighted by atomic mass is 35.5. The van der Waals surface area contributed by atoms with Crippen molar-refractivity contribution in [1.82, 2.24) is 0 Å². The average Bonchev–Trinajstić information content (AvgIpc) is 2.47. The van der Waals surface area contributed by atoms with E-state index in [2.05, 4.69) is 32.0 Å². The molecule has 0 aliphatic carbocycles. The molecule has 0 radical (unpaired) electrons. The van der Waals surface area contributed by atoms with Crippen LogP contribution in [0.3, 0.4) is 0 Å². The van der Waals surface area contributed by atoms with Crippen LogP contribution in [0.2, 0.25) is 5.02 Å². The Bertz CT molecular complexity index is 602. The summed E-state index contributed by atoms with van der Waals surface area (Å²) in [6, 6.07) is 12.1. The van der Waals surface area contributed by atoms with Crippen LogP contribution in [-0.4, -0.2) is 6.29 Å². The fourth-order valence-corrected chi connectivity index (χ4v) is 2.46. The number of hydrogen-bond acceptors (Lipinski definition) is 1. The lowest BCUT2D eigenvalue weighted by Gasteiger charge is -2.10. The largest absolute Gasteiger partial charge is 0.298 e. The molecular formula is C17H17ClO. The van der Waals surface area contributed by atoms with E-state index in [9.17, 15) is 4.79 Å². The normalized spacial score (nSPS) is 10.5. The van der Waals surface area contributed by atoms with E-state index in [-0.39, 0.29) is 0 Å². The molecule has 2 aromatic rings. The lowest BCUT2D eigenvalue weighted by Crippen LogP contribution is -1.92. The average molecular weight is 273 g/mol. The molecule has 19 heavy (non-hydrogen) atoms. The zero-order valence-corrected chi connectivity index (χ0v) is 12.0. The molecule has 0 spiro atoms. The van der Waals surface area contributed by atoms with Crippen molar-refractivity contribution in [3.8, 4) is 11.1 Å². The molecule has 1 nitrogen and oxygen atoms in total. The van der Waals surface area contributed by atoms with Gasteiger partial charge < -0.3 is 0 Å². The van der Waals surface area contributed by atoms with Gasteiger partial charge in [0.25, 0.3) is 0 Å². The number of carbonyl (C=O) groups excluding carboxylic acids is 1. The predicted octanol–water partition coefficient (Wildman–Crippen LogP) is 4.94. The van der Waals surface area contributed by atoms with Gasteiger partial charge in [-0.25, -0.2) is 0 Å². The van der Waals surface area contributed by atoms with Gasteiger partial charge in [0.1, 0.15) is 0 Å². The van der Waals surface area contributed by atoms with Crippen LogP contribution in [0.15, 0.2) is 36.4 Å². The summed E-state index contributed by atoms with van der Waals surface area (Å²) in [5.41, 5.74) is 5.45. The molecule has 0 amide bonds. The molecule has 0 fully saturated rings. The SMILES string of the molecule is CCc1ccc(-c2ccc(Cl)c(C=O)c2)cc1CC. The van der Waals surface area contributed by atoms with Crippen LogP contribution in [0.4, 0.5) is 0 Å². The van der Waals surface area contributed by atoms with Crippen LogP contribution in [0, 0.1) is 0 Å². The maximum absolute atomic E-state index is 10.9. The Morgan fingerprint density at radius 3 is 2.21 bits per heavy atom. The van der Waals surface area contributed by atoms with Crippen molar-refractivity contribution in [2.24, 2.45) is 0 Å². The molecule has 98 valence electrons. The van der Waals surface area contributed by atoms with Crippen LogP contribution in [0.1, 0.15) is 35.3 Å². The van der Waals surface area contributed by atoms with Gasteiger partial charge in [0.2, 0.25) is 0 Å². The predicted molar refractivity (Wildman–Crippen MR) is 81.0 cm³/mol. The molecule has 2 rings (SSSR count). The minimum atomic E-state index is 0.500. The second-order valence-electron chi connectivity index (χ2n) is 4.54. The molecular weight excluding hydrogens is 256 g/mol. The van der Waals surface area contributed by atoms with Crippen LogP contribution in [0.5, 0.6) is 0 Å². The second kappa shape index (κ2) is 6.03. The number of aryl methyl sites for hydroxylation is 2. The number of halogens is 1. The van der Waals surface area contributed by atoms with E-state index in [1.807, 2.05) is 12.1 Å². The minimum absolute atomic E-state index is 0.500. The zero-order valence-electron chi connectivity index (χ0n) is 11.2. The number of hydrogen-bond donors (Lipinski definition) is 0. The van der Waals surface area contributed by atoms with Gasteiger partial charge in [-0.3, -0.25) is 4.79 Å². The molecule has 0 saturated heterocycles. The Morgan fingerprint density at radius 2 is 1.58 bits per heavy atom. The third kappa shape index (κ3) is 2.87. The molecule has 0 saturated carbocycles. The van der Waals surface area contributed by atoms with Gasteiger partial charge in [0.15, 0.2) is 6.29 Å². The van der Waals surface area contributed by atoms with Crippen LogP contribution in [-0.2, 0) is 12.8 Å². The molecule has 0 aliphatic rings. The van der Waals surface area contributed by atoms with Gasteiger partial charge >= 0.3 is 0 Å². The first-order chi connectivity index (χ1) is 9.19. The minimum Gasteiger partial charge on any atom is -0.298 e. The van der Waals surface area contributed by atoms with Gasteiger partial charge in [-0.15, -0.1) is 0 Å². The monoisotopic (exact) mass is 272 g/mol. The smallest absolute Gasteiger partial charge is 0.151 e. The molecule has 2 heteroatoms. The zero-order chi connectivity index (χ0) is 13.8. The molecule has 0 aromatic heterocycles. The maximum atomic E-state index is 10.9. The van der Waals surface area contributed by atoms with Crippen molar-refractivity contribution in [2.45, 2.75) is 26.7 Å². The molecule has 0 unspecified atom stereocenters. The van der Waals surface area contributed by atoms with E-state index in [1.54, 1.807) is 6.07 Å². The van der Waals surface area contributed by atoms with Crippen molar-refractivity contribution in [2.75, 3.05) is 0 Å². The van der Waals surface area contributed by atoms with E-state index >= 15 is 0 Å². The molecule has 0 aliphatic heterocycles. The molecule has 0 bridgehead atoms. The van der Waals surface area contributed by atoms with Crippen molar-refractivity contribution < 1.29 is 4.79 Å². The number of carbonyl (C=O) groups is 1. The second-order valence-corrected chi connectivity index (χ2v) is 4.95. The number of aldehydes is 1. The summed E-state index contributed by atoms with van der Waals surface area (Å²) in [7, 11) is 0. The molecule has 2 aromatic carbocycles. The molecule has 0 heterocycles. The van der Waals surface area contributed by atoms with Gasteiger partial charge in [0.05, 0.1) is 5.02 Å². The standard InChI is InChI=1S/C17H17ClO/c1-3-12-5-6-14(9-13(12)4-2)15-7-8-17(18)16(10-15)11-19/h5-11H,3-4H2,1-2H3. The Balaban J connectivity index is 2.49. The summed E-state index contributed by atoms with van der Waals surface area (Å²) in [6.07, 6.45) is 2.86. The Morgan fingerprint density at radius 1 is 0.947 bits per heavy atom. The summed E-state index contributed by atoms with van der Waals surface area (Å²) in [4.78, 5) is 10.9. The molecule has 0 atom stereocenters. The van der Waals surface area contributed by atoms with Gasteiger partial charge in [-0.05, 0) is 47.2 Å². The summed E-state index contributed by atoms with van der Waals surface area (Å²) in [5.74, 6) is 0. The third-order valence-corrected chi connectivity index (χ3v) is 3.77. The highest BCUT2D eigenvalue weighted by molar-refractivity contribution is 6.33. The van der Waals surface area contributed by atoms with Gasteiger partial charge in [-0.2, -0.15) is 0 Å². The van der Waals surface area contributed by atoms with E-state index in [0.717, 1.165) is 30.3 Å². The van der Waals surface area contributed by atoms with E-state index in [4.69, 9.17) is 11.6 Å². The van der Waals surface area contributed by atoms with Gasteiger partial charge in [0, 0.05) is 5.56 Å². The highest BCUT2D eigenvalue weighted by Crippen LogP contribution is 2.26. The summed E-state index contributed by atoms with van der Waals surface area (Å²) in [5, 5.41) is 0.500. The molecule has 0 N–H and O–H groups in total. The first-order valence-electron chi connectivity index (χ1n) is 6.56. The fourth-order valence-electron chi connectivity index (χ4n) is 2.29. The van der Waals surface area contributed by atoms with Crippen molar-refractivity contribution in [3.05, 3.63) is 58.1 Å². The van der Waals surface area contributed by atoms with Gasteiger partial charge in [-0.1, -0.05) is 49.7 Å². The van der Waals surface area contributed by atoms with E-state index in [1.165, 1.54) is 11.1 Å². The Labute approximate surface area is 119 Å². The summed E-state index contributed by atoms with van der Waals surface area (Å²) >= 11 is 5.96. The topological polar surface area (TPSA) is 17.1 Å².